The van der Waals surface area contributed by atoms with E-state index in [1.54, 1.807) is 0 Å². The fourth-order valence-electron chi connectivity index (χ4n) is 1.47. The van der Waals surface area contributed by atoms with Crippen molar-refractivity contribution in [2.75, 3.05) is 0 Å². The van der Waals surface area contributed by atoms with Gasteiger partial charge in [-0.25, -0.2) is 8.78 Å². The van der Waals surface area contributed by atoms with E-state index >= 15 is 0 Å². The molecule has 92 valence electrons. The van der Waals surface area contributed by atoms with Gasteiger partial charge in [-0.3, -0.25) is 0 Å². The highest BCUT2D eigenvalue weighted by Gasteiger charge is 2.04. The third kappa shape index (κ3) is 3.17. The predicted octanol–water partition coefficient (Wildman–Crippen LogP) is 3.86. The lowest BCUT2D eigenvalue weighted by atomic mass is 10.2. The van der Waals surface area contributed by atoms with Crippen molar-refractivity contribution >= 4 is 18.0 Å². The summed E-state index contributed by atoms with van der Waals surface area (Å²) in [5.74, 6) is -1.70. The van der Waals surface area contributed by atoms with Crippen LogP contribution in [-0.2, 0) is 11.2 Å². The predicted molar refractivity (Wildman–Crippen MR) is 66.7 cm³/mol. The van der Waals surface area contributed by atoms with Crippen LogP contribution in [0.4, 0.5) is 8.78 Å². The molecule has 2 aromatic carbocycles. The van der Waals surface area contributed by atoms with Crippen LogP contribution in [0.3, 0.4) is 0 Å². The molecule has 0 spiro atoms. The summed E-state index contributed by atoms with van der Waals surface area (Å²) in [7, 11) is 0. The Hall–Kier alpha value is -1.68. The van der Waals surface area contributed by atoms with E-state index in [0.29, 0.717) is 11.3 Å². The van der Waals surface area contributed by atoms with E-state index in [9.17, 15) is 13.6 Å². The highest BCUT2D eigenvalue weighted by atomic mass is 32.2. The first-order chi connectivity index (χ1) is 8.69. The van der Waals surface area contributed by atoms with E-state index in [1.165, 1.54) is 23.9 Å². The van der Waals surface area contributed by atoms with Crippen molar-refractivity contribution in [3.8, 4) is 0 Å². The zero-order valence-corrected chi connectivity index (χ0v) is 10.2. The van der Waals surface area contributed by atoms with Gasteiger partial charge in [-0.1, -0.05) is 23.9 Å². The molecule has 18 heavy (non-hydrogen) atoms. The minimum atomic E-state index is -0.849. The summed E-state index contributed by atoms with van der Waals surface area (Å²) in [6, 6.07) is 11.2. The molecule has 1 nitrogen and oxygen atoms in total. The largest absolute Gasteiger partial charge is 0.303 e. The number of benzene rings is 2. The second kappa shape index (κ2) is 5.78. The van der Waals surface area contributed by atoms with Gasteiger partial charge < -0.3 is 4.79 Å². The van der Waals surface area contributed by atoms with Crippen molar-refractivity contribution in [2.24, 2.45) is 0 Å². The Labute approximate surface area is 108 Å². The van der Waals surface area contributed by atoms with Crippen LogP contribution < -0.4 is 0 Å². The van der Waals surface area contributed by atoms with Crippen molar-refractivity contribution in [3.63, 3.8) is 0 Å². The number of aldehydes is 1. The molecular weight excluding hydrogens is 254 g/mol. The van der Waals surface area contributed by atoms with Crippen molar-refractivity contribution < 1.29 is 13.6 Å². The molecule has 0 aliphatic rings. The van der Waals surface area contributed by atoms with Crippen molar-refractivity contribution in [3.05, 3.63) is 59.7 Å². The Morgan fingerprint density at radius 1 is 0.944 bits per heavy atom. The van der Waals surface area contributed by atoms with E-state index < -0.39 is 11.6 Å². The first kappa shape index (κ1) is 12.8. The van der Waals surface area contributed by atoms with Crippen molar-refractivity contribution in [1.82, 2.24) is 0 Å². The Bertz CT molecular complexity index is 552. The van der Waals surface area contributed by atoms with Crippen LogP contribution in [0.2, 0.25) is 0 Å². The molecule has 0 radical (unpaired) electrons. The van der Waals surface area contributed by atoms with Crippen LogP contribution in [0.1, 0.15) is 5.56 Å². The van der Waals surface area contributed by atoms with Gasteiger partial charge in [0.15, 0.2) is 11.6 Å². The van der Waals surface area contributed by atoms with Gasteiger partial charge in [0.25, 0.3) is 0 Å². The minimum Gasteiger partial charge on any atom is -0.303 e. The molecule has 0 fully saturated rings. The monoisotopic (exact) mass is 264 g/mol. The number of hydrogen-bond acceptors (Lipinski definition) is 2. The van der Waals surface area contributed by atoms with E-state index in [0.717, 1.165) is 22.8 Å². The fraction of sp³-hybridized carbons (Fsp3) is 0.0714. The maximum absolute atomic E-state index is 13.0. The Morgan fingerprint density at radius 2 is 1.61 bits per heavy atom. The van der Waals surface area contributed by atoms with Crippen molar-refractivity contribution in [1.29, 1.82) is 0 Å². The zero-order chi connectivity index (χ0) is 13.0. The van der Waals surface area contributed by atoms with Crippen LogP contribution in [0.5, 0.6) is 0 Å². The molecular formula is C14H10F2OS. The number of carbonyl (C=O) groups excluding carboxylic acids is 1. The topological polar surface area (TPSA) is 17.1 Å². The third-order valence-electron chi connectivity index (χ3n) is 2.37. The summed E-state index contributed by atoms with van der Waals surface area (Å²) < 4.78 is 25.8. The summed E-state index contributed by atoms with van der Waals surface area (Å²) in [6.07, 6.45) is 1.23. The van der Waals surface area contributed by atoms with E-state index in [4.69, 9.17) is 0 Å². The second-order valence-electron chi connectivity index (χ2n) is 3.69. The molecule has 0 saturated carbocycles. The molecule has 0 aliphatic carbocycles. The first-order valence-electron chi connectivity index (χ1n) is 5.34. The highest BCUT2D eigenvalue weighted by molar-refractivity contribution is 7.99. The summed E-state index contributed by atoms with van der Waals surface area (Å²) in [6.45, 7) is 0. The molecule has 0 N–H and O–H groups in total. The lowest BCUT2D eigenvalue weighted by Crippen LogP contribution is -1.85. The molecule has 0 atom stereocenters. The SMILES string of the molecule is O=CCc1ccc(Sc2ccc(F)c(F)c2)cc1. The number of rotatable bonds is 4. The van der Waals surface area contributed by atoms with Crippen LogP contribution in [0, 0.1) is 11.6 Å². The summed E-state index contributed by atoms with van der Waals surface area (Å²) in [4.78, 5) is 11.9. The zero-order valence-electron chi connectivity index (χ0n) is 9.40. The molecule has 2 rings (SSSR count). The average molecular weight is 264 g/mol. The number of halogens is 2. The summed E-state index contributed by atoms with van der Waals surface area (Å²) >= 11 is 1.34. The maximum atomic E-state index is 13.0. The van der Waals surface area contributed by atoms with Crippen LogP contribution >= 0.6 is 11.8 Å². The van der Waals surface area contributed by atoms with Gasteiger partial charge in [-0.15, -0.1) is 0 Å². The molecule has 0 heterocycles. The Kier molecular flexibility index (Phi) is 4.10. The average Bonchev–Trinajstić information content (AvgIpc) is 2.37. The molecule has 0 aliphatic heterocycles. The molecule has 0 amide bonds. The van der Waals surface area contributed by atoms with E-state index in [2.05, 4.69) is 0 Å². The second-order valence-corrected chi connectivity index (χ2v) is 4.84. The van der Waals surface area contributed by atoms with E-state index in [-0.39, 0.29) is 0 Å². The van der Waals surface area contributed by atoms with Crippen molar-refractivity contribution in [2.45, 2.75) is 16.2 Å². The maximum Gasteiger partial charge on any atom is 0.159 e. The third-order valence-corrected chi connectivity index (χ3v) is 3.37. The lowest BCUT2D eigenvalue weighted by molar-refractivity contribution is -0.107. The first-order valence-corrected chi connectivity index (χ1v) is 6.16. The van der Waals surface area contributed by atoms with Gasteiger partial charge in [0.1, 0.15) is 6.29 Å². The molecule has 0 unspecified atom stereocenters. The summed E-state index contributed by atoms with van der Waals surface area (Å²) in [5.41, 5.74) is 0.930. The fourth-order valence-corrected chi connectivity index (χ4v) is 2.31. The van der Waals surface area contributed by atoms with Gasteiger partial charge in [-0.05, 0) is 35.9 Å². The molecule has 0 saturated heterocycles. The summed E-state index contributed by atoms with van der Waals surface area (Å²) in [5, 5.41) is 0. The Balaban J connectivity index is 2.13. The standard InChI is InChI=1S/C14H10F2OS/c15-13-6-5-12(9-14(13)16)18-11-3-1-10(2-4-11)7-8-17/h1-6,8-9H,7H2. The number of hydrogen-bond donors (Lipinski definition) is 0. The van der Waals surface area contributed by atoms with Gasteiger partial charge in [0.2, 0.25) is 0 Å². The Morgan fingerprint density at radius 3 is 2.22 bits per heavy atom. The van der Waals surface area contributed by atoms with Crippen LogP contribution in [-0.4, -0.2) is 6.29 Å². The highest BCUT2D eigenvalue weighted by Crippen LogP contribution is 2.28. The molecule has 4 heteroatoms. The lowest BCUT2D eigenvalue weighted by Gasteiger charge is -2.03. The van der Waals surface area contributed by atoms with Gasteiger partial charge >= 0.3 is 0 Å². The molecule has 0 bridgehead atoms. The molecule has 0 aromatic heterocycles. The van der Waals surface area contributed by atoms with Crippen LogP contribution in [0.15, 0.2) is 52.3 Å². The quantitative estimate of drug-likeness (QED) is 0.780. The van der Waals surface area contributed by atoms with Gasteiger partial charge in [-0.2, -0.15) is 0 Å². The van der Waals surface area contributed by atoms with Gasteiger partial charge in [0, 0.05) is 16.2 Å². The molecule has 2 aromatic rings. The van der Waals surface area contributed by atoms with Gasteiger partial charge in [0.05, 0.1) is 0 Å². The minimum absolute atomic E-state index is 0.385. The van der Waals surface area contributed by atoms with E-state index in [1.807, 2.05) is 24.3 Å². The normalized spacial score (nSPS) is 10.3. The smallest absolute Gasteiger partial charge is 0.159 e. The number of carbonyl (C=O) groups is 1. The van der Waals surface area contributed by atoms with Crippen LogP contribution in [0.25, 0.3) is 0 Å².